The van der Waals surface area contributed by atoms with Crippen molar-refractivity contribution in [2.75, 3.05) is 0 Å². The van der Waals surface area contributed by atoms with Crippen LogP contribution in [-0.2, 0) is 16.0 Å². The topological polar surface area (TPSA) is 26.3 Å². The molecular formula is C12H11F3O2. The molecule has 92 valence electrons. The van der Waals surface area contributed by atoms with Crippen molar-refractivity contribution in [3.05, 3.63) is 41.5 Å². The van der Waals surface area contributed by atoms with Crippen LogP contribution in [0.3, 0.4) is 0 Å². The van der Waals surface area contributed by atoms with E-state index >= 15 is 0 Å². The zero-order chi connectivity index (χ0) is 12.9. The Balaban J connectivity index is 2.61. The molecule has 0 N–H and O–H groups in total. The molecule has 0 spiro atoms. The summed E-state index contributed by atoms with van der Waals surface area (Å²) in [5.41, 5.74) is 1.75. The SMILES string of the molecule is CCc1ccc(/C=C/C(=O)OC(F)(F)F)cc1. The molecule has 0 saturated carbocycles. The first kappa shape index (κ1) is 13.3. The Morgan fingerprint density at radius 3 is 2.35 bits per heavy atom. The van der Waals surface area contributed by atoms with Gasteiger partial charge in [-0.15, -0.1) is 13.2 Å². The van der Waals surface area contributed by atoms with Crippen molar-refractivity contribution in [3.63, 3.8) is 0 Å². The molecule has 0 aromatic heterocycles. The number of hydrogen-bond donors (Lipinski definition) is 0. The molecule has 0 aliphatic carbocycles. The van der Waals surface area contributed by atoms with Crippen molar-refractivity contribution in [3.8, 4) is 0 Å². The third kappa shape index (κ3) is 5.19. The van der Waals surface area contributed by atoms with Crippen LogP contribution in [0.5, 0.6) is 0 Å². The predicted octanol–water partition coefficient (Wildman–Crippen LogP) is 3.33. The van der Waals surface area contributed by atoms with Gasteiger partial charge in [-0.05, 0) is 23.6 Å². The normalized spacial score (nSPS) is 11.8. The zero-order valence-electron chi connectivity index (χ0n) is 9.12. The van der Waals surface area contributed by atoms with Crippen LogP contribution in [-0.4, -0.2) is 12.3 Å². The van der Waals surface area contributed by atoms with Crippen molar-refractivity contribution in [1.82, 2.24) is 0 Å². The minimum absolute atomic E-state index is 0.640. The number of benzene rings is 1. The summed E-state index contributed by atoms with van der Waals surface area (Å²) in [6.07, 6.45) is -2.05. The fourth-order valence-electron chi connectivity index (χ4n) is 1.18. The van der Waals surface area contributed by atoms with Crippen LogP contribution in [0.1, 0.15) is 18.1 Å². The molecule has 0 fully saturated rings. The predicted molar refractivity (Wildman–Crippen MR) is 57.0 cm³/mol. The summed E-state index contributed by atoms with van der Waals surface area (Å²) >= 11 is 0. The Labute approximate surface area is 96.7 Å². The summed E-state index contributed by atoms with van der Waals surface area (Å²) in [6.45, 7) is 1.99. The quantitative estimate of drug-likeness (QED) is 0.602. The van der Waals surface area contributed by atoms with Crippen LogP contribution in [0, 0.1) is 0 Å². The fourth-order valence-corrected chi connectivity index (χ4v) is 1.18. The van der Waals surface area contributed by atoms with Crippen LogP contribution in [0.15, 0.2) is 30.3 Å². The highest BCUT2D eigenvalue weighted by molar-refractivity contribution is 5.87. The van der Waals surface area contributed by atoms with Gasteiger partial charge in [0.25, 0.3) is 0 Å². The minimum Gasteiger partial charge on any atom is -0.370 e. The van der Waals surface area contributed by atoms with Crippen LogP contribution in [0.25, 0.3) is 6.08 Å². The molecule has 1 aromatic rings. The summed E-state index contributed by atoms with van der Waals surface area (Å²) in [7, 11) is 0. The smallest absolute Gasteiger partial charge is 0.370 e. The molecule has 0 saturated heterocycles. The maximum Gasteiger partial charge on any atom is 0.575 e. The lowest BCUT2D eigenvalue weighted by Gasteiger charge is -2.03. The summed E-state index contributed by atoms with van der Waals surface area (Å²) in [4.78, 5) is 10.7. The van der Waals surface area contributed by atoms with Crippen molar-refractivity contribution >= 4 is 12.0 Å². The van der Waals surface area contributed by atoms with Gasteiger partial charge in [-0.25, -0.2) is 4.79 Å². The van der Waals surface area contributed by atoms with Gasteiger partial charge in [0.2, 0.25) is 0 Å². The number of carbonyl (C=O) groups is 1. The highest BCUT2D eigenvalue weighted by Crippen LogP contribution is 2.16. The summed E-state index contributed by atoms with van der Waals surface area (Å²) in [6, 6.07) is 7.12. The minimum atomic E-state index is -4.94. The van der Waals surface area contributed by atoms with Crippen molar-refractivity contribution < 1.29 is 22.7 Å². The average molecular weight is 244 g/mol. The number of rotatable bonds is 3. The average Bonchev–Trinajstić information content (AvgIpc) is 2.25. The molecule has 0 unspecified atom stereocenters. The summed E-state index contributed by atoms with van der Waals surface area (Å²) < 4.78 is 38.1. The van der Waals surface area contributed by atoms with Crippen LogP contribution >= 0.6 is 0 Å². The van der Waals surface area contributed by atoms with Gasteiger partial charge in [0.1, 0.15) is 0 Å². The van der Waals surface area contributed by atoms with Crippen LogP contribution in [0.2, 0.25) is 0 Å². The number of halogens is 3. The van der Waals surface area contributed by atoms with E-state index in [-0.39, 0.29) is 0 Å². The number of esters is 1. The van der Waals surface area contributed by atoms with Gasteiger partial charge in [-0.2, -0.15) is 0 Å². The van der Waals surface area contributed by atoms with E-state index in [1.54, 1.807) is 12.1 Å². The summed E-state index contributed by atoms with van der Waals surface area (Å²) in [5, 5.41) is 0. The molecular weight excluding hydrogens is 233 g/mol. The first-order valence-electron chi connectivity index (χ1n) is 4.97. The lowest BCUT2D eigenvalue weighted by atomic mass is 10.1. The van der Waals surface area contributed by atoms with E-state index in [1.807, 2.05) is 19.1 Å². The molecule has 1 aromatic carbocycles. The summed E-state index contributed by atoms with van der Waals surface area (Å²) in [5.74, 6) is -1.43. The lowest BCUT2D eigenvalue weighted by molar-refractivity contribution is -0.302. The van der Waals surface area contributed by atoms with Gasteiger partial charge in [0, 0.05) is 6.08 Å². The fraction of sp³-hybridized carbons (Fsp3) is 0.250. The molecule has 2 nitrogen and oxygen atoms in total. The number of alkyl halides is 3. The Morgan fingerprint density at radius 2 is 1.88 bits per heavy atom. The van der Waals surface area contributed by atoms with E-state index in [9.17, 15) is 18.0 Å². The Kier molecular flexibility index (Phi) is 4.31. The number of aryl methyl sites for hydroxylation is 1. The van der Waals surface area contributed by atoms with Gasteiger partial charge >= 0.3 is 12.3 Å². The van der Waals surface area contributed by atoms with Gasteiger partial charge < -0.3 is 4.74 Å². The molecule has 0 aliphatic heterocycles. The van der Waals surface area contributed by atoms with Crippen LogP contribution < -0.4 is 0 Å². The van der Waals surface area contributed by atoms with E-state index in [2.05, 4.69) is 4.74 Å². The van der Waals surface area contributed by atoms with Gasteiger partial charge in [-0.1, -0.05) is 31.2 Å². The van der Waals surface area contributed by atoms with Crippen molar-refractivity contribution in [1.29, 1.82) is 0 Å². The molecule has 0 amide bonds. The maximum atomic E-state index is 11.7. The Morgan fingerprint density at radius 1 is 1.29 bits per heavy atom. The molecule has 0 aliphatic rings. The molecule has 1 rings (SSSR count). The lowest BCUT2D eigenvalue weighted by Crippen LogP contribution is -2.17. The van der Waals surface area contributed by atoms with Gasteiger partial charge in [0.05, 0.1) is 0 Å². The number of hydrogen-bond acceptors (Lipinski definition) is 2. The van der Waals surface area contributed by atoms with Crippen molar-refractivity contribution in [2.24, 2.45) is 0 Å². The van der Waals surface area contributed by atoms with Crippen LogP contribution in [0.4, 0.5) is 13.2 Å². The van der Waals surface area contributed by atoms with E-state index in [4.69, 9.17) is 0 Å². The second-order valence-corrected chi connectivity index (χ2v) is 3.30. The monoisotopic (exact) mass is 244 g/mol. The standard InChI is InChI=1S/C12H11F3O2/c1-2-9-3-5-10(6-4-9)7-8-11(16)17-12(13,14)15/h3-8H,2H2,1H3/b8-7+. The van der Waals surface area contributed by atoms with E-state index < -0.39 is 12.3 Å². The molecule has 17 heavy (non-hydrogen) atoms. The second-order valence-electron chi connectivity index (χ2n) is 3.30. The number of ether oxygens (including phenoxy) is 1. The van der Waals surface area contributed by atoms with Gasteiger partial charge in [0.15, 0.2) is 0 Å². The Hall–Kier alpha value is -1.78. The Bertz CT molecular complexity index is 405. The van der Waals surface area contributed by atoms with E-state index in [0.29, 0.717) is 5.56 Å². The molecule has 0 bridgehead atoms. The molecule has 0 atom stereocenters. The third-order valence-corrected chi connectivity index (χ3v) is 2.02. The third-order valence-electron chi connectivity index (χ3n) is 2.02. The first-order valence-corrected chi connectivity index (χ1v) is 4.97. The maximum absolute atomic E-state index is 11.7. The molecule has 0 heterocycles. The molecule has 5 heteroatoms. The van der Waals surface area contributed by atoms with E-state index in [0.717, 1.165) is 18.1 Å². The number of carbonyl (C=O) groups excluding carboxylic acids is 1. The zero-order valence-corrected chi connectivity index (χ0v) is 9.12. The van der Waals surface area contributed by atoms with Crippen molar-refractivity contribution in [2.45, 2.75) is 19.7 Å². The second kappa shape index (κ2) is 5.52. The largest absolute Gasteiger partial charge is 0.575 e. The first-order chi connectivity index (χ1) is 7.90. The molecule has 0 radical (unpaired) electrons. The highest BCUT2D eigenvalue weighted by atomic mass is 19.4. The highest BCUT2D eigenvalue weighted by Gasteiger charge is 2.32. The van der Waals surface area contributed by atoms with Gasteiger partial charge in [-0.3, -0.25) is 0 Å². The van der Waals surface area contributed by atoms with E-state index in [1.165, 1.54) is 6.08 Å².